The molecule has 37 heavy (non-hydrogen) atoms. The van der Waals surface area contributed by atoms with Crippen LogP contribution < -0.4 is 4.74 Å². The molecule has 1 aliphatic rings. The van der Waals surface area contributed by atoms with Crippen molar-refractivity contribution >= 4 is 6.08 Å². The Morgan fingerprint density at radius 3 is 2.30 bits per heavy atom. The van der Waals surface area contributed by atoms with E-state index in [9.17, 15) is 9.50 Å². The lowest BCUT2D eigenvalue weighted by atomic mass is 9.78. The third-order valence-electron chi connectivity index (χ3n) is 7.32. The van der Waals surface area contributed by atoms with Crippen LogP contribution in [-0.4, -0.2) is 11.7 Å². The van der Waals surface area contributed by atoms with E-state index >= 15 is 8.78 Å². The highest BCUT2D eigenvalue weighted by Crippen LogP contribution is 2.39. The number of benzene rings is 3. The first kappa shape index (κ1) is 27.0. The van der Waals surface area contributed by atoms with E-state index in [2.05, 4.69) is 0 Å². The average molecular weight is 509 g/mol. The van der Waals surface area contributed by atoms with Crippen molar-refractivity contribution in [1.82, 2.24) is 0 Å². The summed E-state index contributed by atoms with van der Waals surface area (Å²) in [4.78, 5) is 0. The van der Waals surface area contributed by atoms with Crippen LogP contribution in [0.1, 0.15) is 81.1 Å². The van der Waals surface area contributed by atoms with Gasteiger partial charge in [0.25, 0.3) is 0 Å². The second-order valence-electron chi connectivity index (χ2n) is 9.84. The van der Waals surface area contributed by atoms with Crippen molar-refractivity contribution in [2.24, 2.45) is 5.92 Å². The molecular weight excluding hydrogens is 473 g/mol. The summed E-state index contributed by atoms with van der Waals surface area (Å²) in [5, 5.41) is 10.2. The lowest BCUT2D eigenvalue weighted by molar-refractivity contribution is 0.166. The molecule has 1 saturated carbocycles. The quantitative estimate of drug-likeness (QED) is 0.312. The second-order valence-corrected chi connectivity index (χ2v) is 9.84. The van der Waals surface area contributed by atoms with Gasteiger partial charge in [-0.2, -0.15) is 0 Å². The lowest BCUT2D eigenvalue weighted by Gasteiger charge is -2.27. The minimum atomic E-state index is -0.827. The van der Waals surface area contributed by atoms with E-state index in [1.807, 2.05) is 19.9 Å². The van der Waals surface area contributed by atoms with Crippen molar-refractivity contribution in [3.8, 4) is 16.9 Å². The summed E-state index contributed by atoms with van der Waals surface area (Å²) in [6, 6.07) is 15.2. The fourth-order valence-corrected chi connectivity index (χ4v) is 5.19. The van der Waals surface area contributed by atoms with Gasteiger partial charge >= 0.3 is 0 Å². The Morgan fingerprint density at radius 1 is 0.919 bits per heavy atom. The summed E-state index contributed by atoms with van der Waals surface area (Å²) in [5.74, 6) is -1.17. The zero-order valence-electron chi connectivity index (χ0n) is 21.5. The molecule has 3 aromatic carbocycles. The zero-order chi connectivity index (χ0) is 26.4. The van der Waals surface area contributed by atoms with Crippen molar-refractivity contribution in [2.45, 2.75) is 64.4 Å². The van der Waals surface area contributed by atoms with Crippen molar-refractivity contribution in [1.29, 1.82) is 0 Å². The Labute approximate surface area is 217 Å². The number of halogens is 3. The number of aliphatic hydroxyl groups is 1. The summed E-state index contributed by atoms with van der Waals surface area (Å²) >= 11 is 0. The molecule has 1 fully saturated rings. The molecular formula is C32H35F3O2. The van der Waals surface area contributed by atoms with Crippen LogP contribution in [0.3, 0.4) is 0 Å². The molecule has 0 aromatic heterocycles. The molecule has 0 saturated heterocycles. The number of hydrogen-bond donors (Lipinski definition) is 1. The molecule has 5 heteroatoms. The Balaban J connectivity index is 1.40. The predicted octanol–water partition coefficient (Wildman–Crippen LogP) is 8.99. The van der Waals surface area contributed by atoms with Crippen molar-refractivity contribution in [2.75, 3.05) is 6.61 Å². The Hall–Kier alpha value is -3.05. The monoisotopic (exact) mass is 508 g/mol. The molecule has 3 aromatic rings. The fraction of sp³-hybridized carbons (Fsp3) is 0.375. The van der Waals surface area contributed by atoms with E-state index in [1.54, 1.807) is 54.6 Å². The number of allylic oxidation sites excluding steroid dienone is 1. The van der Waals surface area contributed by atoms with E-state index in [1.165, 1.54) is 6.07 Å². The summed E-state index contributed by atoms with van der Waals surface area (Å²) in [6.45, 7) is 4.35. The molecule has 0 spiro atoms. The molecule has 0 heterocycles. The van der Waals surface area contributed by atoms with Gasteiger partial charge in [-0.05, 0) is 79.7 Å². The maximum Gasteiger partial charge on any atom is 0.166 e. The third kappa shape index (κ3) is 6.45. The van der Waals surface area contributed by atoms with Crippen LogP contribution in [0.25, 0.3) is 17.2 Å². The van der Waals surface area contributed by atoms with Gasteiger partial charge in [0.05, 0.1) is 12.7 Å². The largest absolute Gasteiger partial charge is 0.494 e. The first-order valence-corrected chi connectivity index (χ1v) is 13.3. The van der Waals surface area contributed by atoms with Crippen molar-refractivity contribution < 1.29 is 23.0 Å². The van der Waals surface area contributed by atoms with Crippen LogP contribution in [-0.2, 0) is 0 Å². The Morgan fingerprint density at radius 2 is 1.65 bits per heavy atom. The van der Waals surface area contributed by atoms with Crippen LogP contribution in [0.15, 0.2) is 60.7 Å². The maximum atomic E-state index is 15.2. The molecule has 1 unspecified atom stereocenters. The number of ether oxygens (including phenoxy) is 1. The number of rotatable bonds is 9. The van der Waals surface area contributed by atoms with Gasteiger partial charge in [-0.1, -0.05) is 61.9 Å². The highest BCUT2D eigenvalue weighted by Gasteiger charge is 2.26. The number of hydrogen-bond acceptors (Lipinski definition) is 2. The van der Waals surface area contributed by atoms with Gasteiger partial charge < -0.3 is 9.84 Å². The van der Waals surface area contributed by atoms with Gasteiger partial charge in [0.15, 0.2) is 11.6 Å². The first-order chi connectivity index (χ1) is 17.9. The minimum absolute atomic E-state index is 0.0398. The highest BCUT2D eigenvalue weighted by atomic mass is 19.2. The minimum Gasteiger partial charge on any atom is -0.494 e. The van der Waals surface area contributed by atoms with Gasteiger partial charge in [0.2, 0.25) is 0 Å². The number of aliphatic hydroxyl groups excluding tert-OH is 1. The molecule has 2 nitrogen and oxygen atoms in total. The molecule has 4 rings (SSSR count). The van der Waals surface area contributed by atoms with Crippen LogP contribution in [0.5, 0.6) is 5.75 Å². The van der Waals surface area contributed by atoms with Crippen molar-refractivity contribution in [3.63, 3.8) is 0 Å². The topological polar surface area (TPSA) is 29.5 Å². The third-order valence-corrected chi connectivity index (χ3v) is 7.32. The Kier molecular flexibility index (Phi) is 9.09. The molecule has 0 radical (unpaired) electrons. The predicted molar refractivity (Wildman–Crippen MR) is 143 cm³/mol. The molecule has 0 amide bonds. The van der Waals surface area contributed by atoms with E-state index in [0.717, 1.165) is 37.7 Å². The van der Waals surface area contributed by atoms with Gasteiger partial charge in [-0.3, -0.25) is 0 Å². The van der Waals surface area contributed by atoms with E-state index < -0.39 is 17.7 Å². The van der Waals surface area contributed by atoms with Crippen LogP contribution in [0.4, 0.5) is 13.2 Å². The summed E-state index contributed by atoms with van der Waals surface area (Å²) in [7, 11) is 0. The summed E-state index contributed by atoms with van der Waals surface area (Å²) < 4.78 is 49.9. The van der Waals surface area contributed by atoms with Gasteiger partial charge in [0.1, 0.15) is 11.6 Å². The molecule has 196 valence electrons. The van der Waals surface area contributed by atoms with Gasteiger partial charge in [-0.25, -0.2) is 13.2 Å². The molecule has 1 N–H and O–H groups in total. The smallest absolute Gasteiger partial charge is 0.166 e. The molecule has 0 aliphatic heterocycles. The van der Waals surface area contributed by atoms with Crippen molar-refractivity contribution in [3.05, 3.63) is 94.8 Å². The van der Waals surface area contributed by atoms with Crippen LogP contribution in [0.2, 0.25) is 0 Å². The molecule has 0 bridgehead atoms. The van der Waals surface area contributed by atoms with E-state index in [4.69, 9.17) is 4.74 Å². The normalized spacial score (nSPS) is 18.8. The standard InChI is InChI=1S/C32H35F3O2/c1-3-5-30(36)25-14-12-23(13-15-25)28-19-18-27(31(34)32(28)35)22-9-6-21(7-10-22)8-11-24-16-17-26(37-4-2)20-29(24)33/h8,11-22,30,36H,3-7,9-10H2,1-2H3/b11-8+. The van der Waals surface area contributed by atoms with Gasteiger partial charge in [-0.15, -0.1) is 0 Å². The summed E-state index contributed by atoms with van der Waals surface area (Å²) in [6.07, 6.45) is 7.98. The zero-order valence-corrected chi connectivity index (χ0v) is 21.5. The SMILES string of the molecule is CCCC(O)c1ccc(-c2ccc(C3CCC(/C=C/c4ccc(OCC)cc4F)CC3)c(F)c2F)cc1. The fourth-order valence-electron chi connectivity index (χ4n) is 5.19. The molecule has 1 aliphatic carbocycles. The van der Waals surface area contributed by atoms with E-state index in [-0.39, 0.29) is 23.2 Å². The van der Waals surface area contributed by atoms with Crippen LogP contribution in [0, 0.1) is 23.4 Å². The molecule has 1 atom stereocenters. The average Bonchev–Trinajstić information content (AvgIpc) is 2.91. The first-order valence-electron chi connectivity index (χ1n) is 13.3. The van der Waals surface area contributed by atoms with Crippen LogP contribution >= 0.6 is 0 Å². The van der Waals surface area contributed by atoms with Gasteiger partial charge in [0, 0.05) is 17.2 Å². The van der Waals surface area contributed by atoms with E-state index in [0.29, 0.717) is 35.5 Å². The second kappa shape index (κ2) is 12.5. The highest BCUT2D eigenvalue weighted by molar-refractivity contribution is 5.65. The Bertz CT molecular complexity index is 1210. The summed E-state index contributed by atoms with van der Waals surface area (Å²) in [5.41, 5.74) is 2.54. The maximum absolute atomic E-state index is 15.2. The lowest BCUT2D eigenvalue weighted by Crippen LogP contribution is -2.13.